The lowest BCUT2D eigenvalue weighted by molar-refractivity contribution is -0.120. The number of benzene rings is 2. The van der Waals surface area contributed by atoms with E-state index in [1.54, 1.807) is 24.3 Å². The van der Waals surface area contributed by atoms with Crippen molar-refractivity contribution < 1.29 is 18.4 Å². The molecule has 6 heteroatoms. The Morgan fingerprint density at radius 2 is 1.57 bits per heavy atom. The molecule has 0 unspecified atom stereocenters. The second-order valence-corrected chi connectivity index (χ2v) is 7.30. The van der Waals surface area contributed by atoms with Crippen molar-refractivity contribution in [3.05, 3.63) is 71.4 Å². The van der Waals surface area contributed by atoms with Gasteiger partial charge in [0.2, 0.25) is 0 Å². The van der Waals surface area contributed by atoms with Gasteiger partial charge in [0.05, 0.1) is 11.3 Å². The highest BCUT2D eigenvalue weighted by atomic mass is 19.2. The number of imide groups is 1. The van der Waals surface area contributed by atoms with Crippen molar-refractivity contribution in [2.45, 2.75) is 19.8 Å². The standard InChI is InChI=1S/C22H20F2N2O2/c1-14-9-11-25(12-10-14)20-19(15-5-3-2-4-6-15)21(27)26(22(20)28)16-7-8-17(23)18(24)13-16/h2-8,13-14H,9-12H2,1H3. The van der Waals surface area contributed by atoms with E-state index < -0.39 is 23.4 Å². The molecule has 1 saturated heterocycles. The normalized spacial score (nSPS) is 18.4. The predicted octanol–water partition coefficient (Wildman–Crippen LogP) is 3.98. The molecular formula is C22H20F2N2O2. The van der Waals surface area contributed by atoms with E-state index in [1.807, 2.05) is 11.0 Å². The monoisotopic (exact) mass is 382 g/mol. The first-order valence-corrected chi connectivity index (χ1v) is 9.36. The number of rotatable bonds is 3. The molecule has 0 spiro atoms. The quantitative estimate of drug-likeness (QED) is 0.754. The molecule has 4 nitrogen and oxygen atoms in total. The van der Waals surface area contributed by atoms with Crippen LogP contribution in [0.3, 0.4) is 0 Å². The van der Waals surface area contributed by atoms with E-state index in [4.69, 9.17) is 0 Å². The molecule has 2 amide bonds. The van der Waals surface area contributed by atoms with Gasteiger partial charge in [0.15, 0.2) is 11.6 Å². The summed E-state index contributed by atoms with van der Waals surface area (Å²) in [5, 5.41) is 0. The average molecular weight is 382 g/mol. The molecule has 0 radical (unpaired) electrons. The number of carbonyl (C=O) groups is 2. The largest absolute Gasteiger partial charge is 0.366 e. The van der Waals surface area contributed by atoms with E-state index in [2.05, 4.69) is 6.92 Å². The van der Waals surface area contributed by atoms with Crippen LogP contribution in [0.15, 0.2) is 54.2 Å². The van der Waals surface area contributed by atoms with Crippen molar-refractivity contribution in [1.82, 2.24) is 4.90 Å². The molecule has 28 heavy (non-hydrogen) atoms. The minimum Gasteiger partial charge on any atom is -0.366 e. The summed E-state index contributed by atoms with van der Waals surface area (Å²) in [6, 6.07) is 12.1. The topological polar surface area (TPSA) is 40.6 Å². The van der Waals surface area contributed by atoms with Crippen LogP contribution in [0.1, 0.15) is 25.3 Å². The molecule has 0 N–H and O–H groups in total. The van der Waals surface area contributed by atoms with Crippen LogP contribution >= 0.6 is 0 Å². The smallest absolute Gasteiger partial charge is 0.282 e. The fourth-order valence-electron chi connectivity index (χ4n) is 3.77. The number of amides is 2. The summed E-state index contributed by atoms with van der Waals surface area (Å²) in [4.78, 5) is 29.4. The molecule has 2 heterocycles. The fourth-order valence-corrected chi connectivity index (χ4v) is 3.77. The lowest BCUT2D eigenvalue weighted by Crippen LogP contribution is -2.38. The second kappa shape index (κ2) is 7.19. The van der Waals surface area contributed by atoms with Crippen LogP contribution < -0.4 is 4.90 Å². The number of likely N-dealkylation sites (tertiary alicyclic amines) is 1. The summed E-state index contributed by atoms with van der Waals surface area (Å²) in [5.41, 5.74) is 1.32. The zero-order chi connectivity index (χ0) is 19.8. The Bertz CT molecular complexity index is 964. The third-order valence-electron chi connectivity index (χ3n) is 5.38. The molecule has 0 aliphatic carbocycles. The average Bonchev–Trinajstić information content (AvgIpc) is 2.96. The van der Waals surface area contributed by atoms with E-state index in [9.17, 15) is 18.4 Å². The van der Waals surface area contributed by atoms with Crippen LogP contribution in [0.25, 0.3) is 5.57 Å². The van der Waals surface area contributed by atoms with Gasteiger partial charge in [-0.05, 0) is 36.5 Å². The third-order valence-corrected chi connectivity index (χ3v) is 5.38. The van der Waals surface area contributed by atoms with Crippen LogP contribution in [0.5, 0.6) is 0 Å². The van der Waals surface area contributed by atoms with Gasteiger partial charge < -0.3 is 4.90 Å². The summed E-state index contributed by atoms with van der Waals surface area (Å²) in [7, 11) is 0. The Morgan fingerprint density at radius 3 is 2.21 bits per heavy atom. The lowest BCUT2D eigenvalue weighted by Gasteiger charge is -2.32. The van der Waals surface area contributed by atoms with Crippen LogP contribution in [-0.2, 0) is 9.59 Å². The molecule has 0 atom stereocenters. The van der Waals surface area contributed by atoms with Gasteiger partial charge in [0.1, 0.15) is 5.70 Å². The molecule has 0 bridgehead atoms. The van der Waals surface area contributed by atoms with Crippen LogP contribution in [0.4, 0.5) is 14.5 Å². The first-order chi connectivity index (χ1) is 13.5. The molecule has 2 aliphatic rings. The van der Waals surface area contributed by atoms with E-state index in [-0.39, 0.29) is 5.69 Å². The minimum absolute atomic E-state index is 0.0303. The number of carbonyl (C=O) groups excluding carboxylic acids is 2. The number of anilines is 1. The van der Waals surface area contributed by atoms with Crippen molar-refractivity contribution in [2.24, 2.45) is 5.92 Å². The van der Waals surface area contributed by atoms with Crippen LogP contribution in [-0.4, -0.2) is 29.8 Å². The van der Waals surface area contributed by atoms with E-state index in [0.717, 1.165) is 29.9 Å². The van der Waals surface area contributed by atoms with Crippen LogP contribution in [0, 0.1) is 17.6 Å². The Labute approximate surface area is 162 Å². The van der Waals surface area contributed by atoms with Crippen molar-refractivity contribution in [2.75, 3.05) is 18.0 Å². The fraction of sp³-hybridized carbons (Fsp3) is 0.273. The molecule has 4 rings (SSSR count). The van der Waals surface area contributed by atoms with Gasteiger partial charge in [-0.2, -0.15) is 0 Å². The van der Waals surface area contributed by atoms with Crippen molar-refractivity contribution in [1.29, 1.82) is 0 Å². The zero-order valence-electron chi connectivity index (χ0n) is 15.5. The lowest BCUT2D eigenvalue weighted by atomic mass is 9.97. The minimum atomic E-state index is -1.10. The molecule has 144 valence electrons. The molecular weight excluding hydrogens is 362 g/mol. The van der Waals surface area contributed by atoms with E-state index >= 15 is 0 Å². The highest BCUT2D eigenvalue weighted by molar-refractivity contribution is 6.45. The molecule has 2 aliphatic heterocycles. The van der Waals surface area contributed by atoms with Gasteiger partial charge in [0.25, 0.3) is 11.8 Å². The Morgan fingerprint density at radius 1 is 0.893 bits per heavy atom. The van der Waals surface area contributed by atoms with Crippen molar-refractivity contribution in [3.63, 3.8) is 0 Å². The molecule has 1 fully saturated rings. The summed E-state index contributed by atoms with van der Waals surface area (Å²) < 4.78 is 27.1. The Hall–Kier alpha value is -3.02. The number of halogens is 2. The number of nitrogens with zero attached hydrogens (tertiary/aromatic N) is 2. The summed E-state index contributed by atoms with van der Waals surface area (Å²) in [5.74, 6) is -2.57. The van der Waals surface area contributed by atoms with Gasteiger partial charge in [-0.25, -0.2) is 13.7 Å². The molecule has 2 aromatic carbocycles. The second-order valence-electron chi connectivity index (χ2n) is 7.30. The van der Waals surface area contributed by atoms with Gasteiger partial charge in [-0.3, -0.25) is 9.59 Å². The first kappa shape index (κ1) is 18.3. The van der Waals surface area contributed by atoms with Crippen molar-refractivity contribution >= 4 is 23.1 Å². The Kier molecular flexibility index (Phi) is 4.71. The van der Waals surface area contributed by atoms with Gasteiger partial charge in [0, 0.05) is 19.2 Å². The SMILES string of the molecule is CC1CCN(C2=C(c3ccccc3)C(=O)N(c3ccc(F)c(F)c3)C2=O)CC1. The van der Waals surface area contributed by atoms with Gasteiger partial charge >= 0.3 is 0 Å². The van der Waals surface area contributed by atoms with Crippen molar-refractivity contribution in [3.8, 4) is 0 Å². The van der Waals surface area contributed by atoms with Gasteiger partial charge in [-0.1, -0.05) is 37.3 Å². The van der Waals surface area contributed by atoms with E-state index in [1.165, 1.54) is 6.07 Å². The number of piperidine rings is 1. The number of hydrogen-bond donors (Lipinski definition) is 0. The highest BCUT2D eigenvalue weighted by Crippen LogP contribution is 2.36. The highest BCUT2D eigenvalue weighted by Gasteiger charge is 2.43. The maximum Gasteiger partial charge on any atom is 0.282 e. The zero-order valence-corrected chi connectivity index (χ0v) is 15.5. The first-order valence-electron chi connectivity index (χ1n) is 9.36. The maximum atomic E-state index is 13.8. The molecule has 0 saturated carbocycles. The Balaban J connectivity index is 1.80. The summed E-state index contributed by atoms with van der Waals surface area (Å²) in [6.45, 7) is 3.52. The third kappa shape index (κ3) is 3.09. The maximum absolute atomic E-state index is 13.8. The predicted molar refractivity (Wildman–Crippen MR) is 102 cm³/mol. The van der Waals surface area contributed by atoms with Crippen LogP contribution in [0.2, 0.25) is 0 Å². The van der Waals surface area contributed by atoms with Gasteiger partial charge in [-0.15, -0.1) is 0 Å². The number of hydrogen-bond acceptors (Lipinski definition) is 3. The summed E-state index contributed by atoms with van der Waals surface area (Å²) >= 11 is 0. The molecule has 2 aromatic rings. The van der Waals surface area contributed by atoms with E-state index in [0.29, 0.717) is 35.8 Å². The summed E-state index contributed by atoms with van der Waals surface area (Å²) in [6.07, 6.45) is 1.86. The molecule has 0 aromatic heterocycles.